The van der Waals surface area contributed by atoms with Crippen LogP contribution in [0.2, 0.25) is 0 Å². The molecular formula is C27H29N4O6P. The molecule has 0 saturated heterocycles. The van der Waals surface area contributed by atoms with Crippen molar-refractivity contribution >= 4 is 25.3 Å². The van der Waals surface area contributed by atoms with Crippen molar-refractivity contribution in [1.29, 1.82) is 0 Å². The summed E-state index contributed by atoms with van der Waals surface area (Å²) in [6, 6.07) is 23.5. The molecule has 0 aromatic heterocycles. The zero-order chi connectivity index (χ0) is 27.4. The van der Waals surface area contributed by atoms with Crippen LogP contribution >= 0.6 is 7.60 Å². The van der Waals surface area contributed by atoms with Gasteiger partial charge in [0.2, 0.25) is 0 Å². The van der Waals surface area contributed by atoms with Crippen LogP contribution in [-0.2, 0) is 9.30 Å². The van der Waals surface area contributed by atoms with Crippen molar-refractivity contribution < 1.29 is 28.3 Å². The van der Waals surface area contributed by atoms with Gasteiger partial charge in [0.1, 0.15) is 18.1 Å². The highest BCUT2D eigenvalue weighted by molar-refractivity contribution is 7.55. The van der Waals surface area contributed by atoms with E-state index in [1.165, 1.54) is 0 Å². The Morgan fingerprint density at radius 3 is 2.00 bits per heavy atom. The Hall–Kier alpha value is -4.45. The molecule has 0 aliphatic carbocycles. The van der Waals surface area contributed by atoms with Crippen LogP contribution in [-0.4, -0.2) is 36.2 Å². The Bertz CT molecular complexity index is 1250. The van der Waals surface area contributed by atoms with Crippen LogP contribution < -0.4 is 25.8 Å². The number of nitrogens with two attached hydrogens (primary N) is 2. The van der Waals surface area contributed by atoms with Crippen LogP contribution in [0, 0.1) is 12.3 Å². The first kappa shape index (κ1) is 28.1. The molecule has 1 amide bonds. The fourth-order valence-electron chi connectivity index (χ4n) is 3.71. The molecule has 38 heavy (non-hydrogen) atoms. The summed E-state index contributed by atoms with van der Waals surface area (Å²) >= 11 is 0. The van der Waals surface area contributed by atoms with Crippen LogP contribution in [0.5, 0.6) is 11.5 Å². The Balaban J connectivity index is 2.10. The van der Waals surface area contributed by atoms with Gasteiger partial charge < -0.3 is 35.7 Å². The number of nitrogens with one attached hydrogen (secondary N) is 1. The first-order valence-corrected chi connectivity index (χ1v) is 13.2. The highest BCUT2D eigenvalue weighted by Gasteiger charge is 2.46. The second kappa shape index (κ2) is 13.7. The summed E-state index contributed by atoms with van der Waals surface area (Å²) in [6.45, 7) is 0.213. The average molecular weight is 537 g/mol. The van der Waals surface area contributed by atoms with Crippen LogP contribution in [0.15, 0.2) is 89.9 Å². The molecule has 0 radical (unpaired) electrons. The lowest BCUT2D eigenvalue weighted by Crippen LogP contribution is -2.41. The fourth-order valence-corrected chi connectivity index (χ4v) is 5.83. The number of amides is 1. The van der Waals surface area contributed by atoms with Crippen molar-refractivity contribution in [2.45, 2.75) is 18.1 Å². The minimum absolute atomic E-state index is 0.0614. The van der Waals surface area contributed by atoms with Crippen molar-refractivity contribution in [1.82, 2.24) is 5.32 Å². The van der Waals surface area contributed by atoms with E-state index in [0.717, 1.165) is 0 Å². The largest absolute Gasteiger partial charge is 0.465 e. The second-order valence-corrected chi connectivity index (χ2v) is 10.0. The number of benzene rings is 3. The van der Waals surface area contributed by atoms with E-state index < -0.39 is 25.4 Å². The van der Waals surface area contributed by atoms with Gasteiger partial charge in [-0.3, -0.25) is 0 Å². The van der Waals surface area contributed by atoms with Crippen molar-refractivity contribution in [3.05, 3.63) is 90.5 Å². The molecular weight excluding hydrogens is 507 g/mol. The molecule has 3 aromatic carbocycles. The molecule has 6 N–H and O–H groups in total. The number of carbonyl (C=O) groups is 1. The molecule has 0 spiro atoms. The third-order valence-electron chi connectivity index (χ3n) is 5.28. The maximum Gasteiger partial charge on any atom is 0.453 e. The normalized spacial score (nSPS) is 12.4. The molecule has 2 atom stereocenters. The lowest BCUT2D eigenvalue weighted by Gasteiger charge is -2.33. The minimum atomic E-state index is -4.29. The fraction of sp³-hybridized carbons (Fsp3) is 0.185. The van der Waals surface area contributed by atoms with Gasteiger partial charge >= 0.3 is 13.7 Å². The molecule has 3 rings (SSSR count). The van der Waals surface area contributed by atoms with Crippen LogP contribution in [0.4, 0.5) is 10.5 Å². The number of hydrogen-bond acceptors (Lipinski definition) is 6. The van der Waals surface area contributed by atoms with Gasteiger partial charge in [-0.25, -0.2) is 14.4 Å². The number of rotatable bonds is 13. The first-order chi connectivity index (χ1) is 18.3. The van der Waals surface area contributed by atoms with E-state index >= 15 is 0 Å². The number of hydrogen-bond donors (Lipinski definition) is 4. The topological polar surface area (TPSA) is 158 Å². The lowest BCUT2D eigenvalue weighted by atomic mass is 9.95. The van der Waals surface area contributed by atoms with E-state index in [0.29, 0.717) is 11.3 Å². The van der Waals surface area contributed by atoms with Crippen molar-refractivity contribution in [3.8, 4) is 23.8 Å². The van der Waals surface area contributed by atoms with Crippen molar-refractivity contribution in [2.75, 3.05) is 13.2 Å². The molecule has 0 fully saturated rings. The standard InChI is InChI=1S/C27H29N4O6P/c1-2-18-35-19-17-24(20-13-15-21(16-14-20)30-26(28)29)25(31-27(32)33)38(34,36-22-9-5-3-6-10-22)37-23-11-7-4-8-12-23/h1,3-16,24-25,31H,17-19H2,(H,32,33)(H4,28,29,30). The van der Waals surface area contributed by atoms with Crippen LogP contribution in [0.1, 0.15) is 17.9 Å². The molecule has 3 aromatic rings. The van der Waals surface area contributed by atoms with E-state index in [1.54, 1.807) is 84.9 Å². The van der Waals surface area contributed by atoms with Gasteiger partial charge in [0.25, 0.3) is 0 Å². The van der Waals surface area contributed by atoms with E-state index in [-0.39, 0.29) is 37.1 Å². The van der Waals surface area contributed by atoms with Gasteiger partial charge in [0.05, 0.1) is 5.69 Å². The van der Waals surface area contributed by atoms with Gasteiger partial charge in [0.15, 0.2) is 11.7 Å². The molecule has 2 unspecified atom stereocenters. The second-order valence-electron chi connectivity index (χ2n) is 8.02. The zero-order valence-electron chi connectivity index (χ0n) is 20.5. The summed E-state index contributed by atoms with van der Waals surface area (Å²) in [5, 5.41) is 12.2. The van der Waals surface area contributed by atoms with Gasteiger partial charge in [-0.05, 0) is 48.4 Å². The Morgan fingerprint density at radius 1 is 0.974 bits per heavy atom. The summed E-state index contributed by atoms with van der Waals surface area (Å²) in [7, 11) is -4.29. The third-order valence-corrected chi connectivity index (χ3v) is 7.38. The van der Waals surface area contributed by atoms with Gasteiger partial charge in [-0.1, -0.05) is 54.5 Å². The van der Waals surface area contributed by atoms with Gasteiger partial charge in [-0.2, -0.15) is 0 Å². The molecule has 0 aliphatic heterocycles. The molecule has 198 valence electrons. The maximum absolute atomic E-state index is 14.6. The molecule has 10 nitrogen and oxygen atoms in total. The van der Waals surface area contributed by atoms with E-state index in [2.05, 4.69) is 16.2 Å². The third kappa shape index (κ3) is 8.30. The first-order valence-electron chi connectivity index (χ1n) is 11.6. The number of terminal acetylenes is 1. The van der Waals surface area contributed by atoms with E-state index in [4.69, 9.17) is 31.7 Å². The predicted molar refractivity (Wildman–Crippen MR) is 146 cm³/mol. The highest BCUT2D eigenvalue weighted by atomic mass is 31.2. The summed E-state index contributed by atoms with van der Waals surface area (Å²) in [6.07, 6.45) is 4.12. The summed E-state index contributed by atoms with van der Waals surface area (Å²) in [4.78, 5) is 16.0. The number of carboxylic acid groups (broad SMARTS) is 1. The number of para-hydroxylation sites is 2. The molecule has 0 bridgehead atoms. The van der Waals surface area contributed by atoms with Gasteiger partial charge in [0, 0.05) is 12.5 Å². The van der Waals surface area contributed by atoms with E-state index in [9.17, 15) is 14.5 Å². The highest BCUT2D eigenvalue weighted by Crippen LogP contribution is 2.56. The maximum atomic E-state index is 14.6. The predicted octanol–water partition coefficient (Wildman–Crippen LogP) is 4.66. The molecule has 0 aliphatic rings. The van der Waals surface area contributed by atoms with Gasteiger partial charge in [-0.15, -0.1) is 6.42 Å². The lowest BCUT2D eigenvalue weighted by molar-refractivity contribution is 0.153. The zero-order valence-corrected chi connectivity index (χ0v) is 21.4. The smallest absolute Gasteiger partial charge is 0.453 e. The van der Waals surface area contributed by atoms with E-state index in [1.807, 2.05) is 0 Å². The minimum Gasteiger partial charge on any atom is -0.465 e. The average Bonchev–Trinajstić information content (AvgIpc) is 2.89. The number of aliphatic imine (C=N–C) groups is 1. The van der Waals surface area contributed by atoms with Crippen LogP contribution in [0.3, 0.4) is 0 Å². The molecule has 0 heterocycles. The SMILES string of the molecule is C#CCOCCC(c1ccc(N=C(N)N)cc1)C(NC(=O)O)P(=O)(Oc1ccccc1)Oc1ccccc1. The number of nitrogens with zero attached hydrogens (tertiary/aromatic N) is 1. The Kier molecular flexibility index (Phi) is 10.2. The number of guanidine groups is 1. The summed E-state index contributed by atoms with van der Waals surface area (Å²) < 4.78 is 32.0. The van der Waals surface area contributed by atoms with Crippen LogP contribution in [0.25, 0.3) is 0 Å². The Labute approximate surface area is 221 Å². The van der Waals surface area contributed by atoms with Crippen molar-refractivity contribution in [3.63, 3.8) is 0 Å². The Morgan fingerprint density at radius 2 is 1.53 bits per heavy atom. The molecule has 0 saturated carbocycles. The quantitative estimate of drug-likeness (QED) is 0.0807. The summed E-state index contributed by atoms with van der Waals surface area (Å²) in [5.41, 5.74) is 12.1. The number of ether oxygens (including phenoxy) is 1. The molecule has 11 heteroatoms. The summed E-state index contributed by atoms with van der Waals surface area (Å²) in [5.74, 6) is 0.697. The van der Waals surface area contributed by atoms with Crippen molar-refractivity contribution in [2.24, 2.45) is 16.5 Å². The monoisotopic (exact) mass is 536 g/mol.